The molecule has 0 aliphatic heterocycles. The number of carboxylic acid groups (broad SMARTS) is 1. The third-order valence-corrected chi connectivity index (χ3v) is 7.65. The van der Waals surface area contributed by atoms with Crippen molar-refractivity contribution in [2.75, 3.05) is 10.6 Å². The number of fused-ring (bicyclic) bond motifs is 1. The van der Waals surface area contributed by atoms with Crippen LogP contribution in [0.3, 0.4) is 0 Å². The summed E-state index contributed by atoms with van der Waals surface area (Å²) in [7, 11) is 0. The van der Waals surface area contributed by atoms with Crippen molar-refractivity contribution in [3.05, 3.63) is 101 Å². The molecule has 0 aliphatic carbocycles. The van der Waals surface area contributed by atoms with E-state index in [1.54, 1.807) is 61.5 Å². The van der Waals surface area contributed by atoms with Gasteiger partial charge in [0.15, 0.2) is 0 Å². The first-order valence-electron chi connectivity index (χ1n) is 12.0. The first-order chi connectivity index (χ1) is 19.0. The molecule has 0 radical (unpaired) electrons. The Kier molecular flexibility index (Phi) is 8.70. The molecule has 1 atom stereocenters. The molecule has 0 aromatic heterocycles. The predicted molar refractivity (Wildman–Crippen MR) is 150 cm³/mol. The van der Waals surface area contributed by atoms with Gasteiger partial charge in [-0.05, 0) is 60.3 Å². The van der Waals surface area contributed by atoms with Gasteiger partial charge in [0.2, 0.25) is 5.91 Å². The fourth-order valence-corrected chi connectivity index (χ4v) is 5.23. The molecule has 3 N–H and O–H groups in total. The van der Waals surface area contributed by atoms with Crippen molar-refractivity contribution in [1.82, 2.24) is 0 Å². The maximum absolute atomic E-state index is 13.2. The van der Waals surface area contributed by atoms with E-state index >= 15 is 0 Å². The smallest absolute Gasteiger partial charge is 0.416 e. The van der Waals surface area contributed by atoms with E-state index in [1.165, 1.54) is 17.8 Å². The molecule has 2 amide bonds. The third kappa shape index (κ3) is 6.57. The number of aromatic carboxylic acids is 1. The second kappa shape index (κ2) is 12.0. The standard InChI is InChI=1S/C29H22ClF3N2O4S/c1-2-24(27(37)35-23-14-17(29(31,32)33)12-13-22(23)30)40-19-9-5-8-18(15-19)34-26(36)20-10-3-6-16-7-4-11-21(25(16)20)28(38)39/h3-15,24H,2H2,1H3,(H,34,36)(H,35,37)(H,38,39). The van der Waals surface area contributed by atoms with Crippen molar-refractivity contribution >= 4 is 63.3 Å². The lowest BCUT2D eigenvalue weighted by Crippen LogP contribution is -2.25. The van der Waals surface area contributed by atoms with Crippen LogP contribution in [0.25, 0.3) is 10.8 Å². The van der Waals surface area contributed by atoms with E-state index in [4.69, 9.17) is 11.6 Å². The summed E-state index contributed by atoms with van der Waals surface area (Å²) in [5.74, 6) is -2.19. The van der Waals surface area contributed by atoms with E-state index in [0.29, 0.717) is 27.8 Å². The maximum Gasteiger partial charge on any atom is 0.416 e. The molecule has 40 heavy (non-hydrogen) atoms. The SMILES string of the molecule is CCC(Sc1cccc(NC(=O)c2cccc3cccc(C(=O)O)c23)c1)C(=O)Nc1cc(C(F)(F)F)ccc1Cl. The molecule has 1 unspecified atom stereocenters. The number of alkyl halides is 3. The Labute approximate surface area is 236 Å². The second-order valence-electron chi connectivity index (χ2n) is 8.69. The topological polar surface area (TPSA) is 95.5 Å². The molecule has 4 aromatic rings. The molecule has 4 rings (SSSR count). The Morgan fingerprint density at radius 3 is 2.25 bits per heavy atom. The Bertz CT molecular complexity index is 1610. The van der Waals surface area contributed by atoms with Crippen molar-refractivity contribution in [2.24, 2.45) is 0 Å². The normalized spacial score (nSPS) is 12.1. The van der Waals surface area contributed by atoms with Gasteiger partial charge in [0.25, 0.3) is 5.91 Å². The van der Waals surface area contributed by atoms with Crippen molar-refractivity contribution in [2.45, 2.75) is 29.7 Å². The Balaban J connectivity index is 1.52. The number of carbonyl (C=O) groups excluding carboxylic acids is 2. The van der Waals surface area contributed by atoms with Gasteiger partial charge in [-0.25, -0.2) is 4.79 Å². The first-order valence-corrected chi connectivity index (χ1v) is 13.2. The van der Waals surface area contributed by atoms with Crippen LogP contribution in [0.1, 0.15) is 39.6 Å². The van der Waals surface area contributed by atoms with Crippen LogP contribution in [0.4, 0.5) is 24.5 Å². The van der Waals surface area contributed by atoms with Crippen molar-refractivity contribution in [1.29, 1.82) is 0 Å². The van der Waals surface area contributed by atoms with Crippen LogP contribution >= 0.6 is 23.4 Å². The number of amides is 2. The van der Waals surface area contributed by atoms with Crippen LogP contribution in [0.5, 0.6) is 0 Å². The molecule has 0 spiro atoms. The zero-order valence-electron chi connectivity index (χ0n) is 20.9. The summed E-state index contributed by atoms with van der Waals surface area (Å²) >= 11 is 7.19. The van der Waals surface area contributed by atoms with Gasteiger partial charge in [-0.1, -0.05) is 48.9 Å². The van der Waals surface area contributed by atoms with Crippen LogP contribution < -0.4 is 10.6 Å². The van der Waals surface area contributed by atoms with Gasteiger partial charge < -0.3 is 15.7 Å². The summed E-state index contributed by atoms with van der Waals surface area (Å²) in [4.78, 5) is 38.5. The van der Waals surface area contributed by atoms with Gasteiger partial charge in [-0.15, -0.1) is 11.8 Å². The van der Waals surface area contributed by atoms with Crippen LogP contribution in [0, 0.1) is 0 Å². The number of rotatable bonds is 8. The van der Waals surface area contributed by atoms with E-state index in [9.17, 15) is 32.7 Å². The Morgan fingerprint density at radius 1 is 0.925 bits per heavy atom. The number of carboxylic acids is 1. The van der Waals surface area contributed by atoms with Crippen LogP contribution in [-0.2, 0) is 11.0 Å². The summed E-state index contributed by atoms with van der Waals surface area (Å²) in [6.07, 6.45) is -4.23. The molecule has 0 heterocycles. The molecule has 6 nitrogen and oxygen atoms in total. The van der Waals surface area contributed by atoms with E-state index < -0.39 is 34.8 Å². The lowest BCUT2D eigenvalue weighted by atomic mass is 9.98. The number of hydrogen-bond donors (Lipinski definition) is 3. The zero-order chi connectivity index (χ0) is 29.0. The zero-order valence-corrected chi connectivity index (χ0v) is 22.5. The van der Waals surface area contributed by atoms with Gasteiger partial charge >= 0.3 is 12.1 Å². The van der Waals surface area contributed by atoms with Crippen molar-refractivity contribution < 1.29 is 32.7 Å². The summed E-state index contributed by atoms with van der Waals surface area (Å²) < 4.78 is 39.3. The minimum Gasteiger partial charge on any atom is -0.478 e. The number of halogens is 4. The minimum absolute atomic E-state index is 0.00484. The Morgan fingerprint density at radius 2 is 1.60 bits per heavy atom. The molecule has 0 fully saturated rings. The highest BCUT2D eigenvalue weighted by atomic mass is 35.5. The van der Waals surface area contributed by atoms with E-state index in [1.807, 2.05) is 0 Å². The summed E-state index contributed by atoms with van der Waals surface area (Å²) in [5.41, 5.74) is -0.464. The van der Waals surface area contributed by atoms with Crippen molar-refractivity contribution in [3.8, 4) is 0 Å². The third-order valence-electron chi connectivity index (χ3n) is 5.96. The number of carbonyl (C=O) groups is 3. The van der Waals surface area contributed by atoms with Gasteiger partial charge in [0.1, 0.15) is 0 Å². The fraction of sp³-hybridized carbons (Fsp3) is 0.138. The monoisotopic (exact) mass is 586 g/mol. The van der Waals surface area contributed by atoms with Crippen LogP contribution in [0.15, 0.2) is 83.8 Å². The maximum atomic E-state index is 13.2. The highest BCUT2D eigenvalue weighted by Crippen LogP contribution is 2.35. The first kappa shape index (κ1) is 29.0. The van der Waals surface area contributed by atoms with Crippen LogP contribution in [0.2, 0.25) is 5.02 Å². The molecule has 0 saturated heterocycles. The molecule has 0 aliphatic rings. The van der Waals surface area contributed by atoms with Crippen LogP contribution in [-0.4, -0.2) is 28.1 Å². The number of benzene rings is 4. The summed E-state index contributed by atoms with van der Waals surface area (Å²) in [5, 5.41) is 15.1. The van der Waals surface area contributed by atoms with Gasteiger partial charge in [0.05, 0.1) is 27.1 Å². The minimum atomic E-state index is -4.59. The highest BCUT2D eigenvalue weighted by molar-refractivity contribution is 8.00. The average molecular weight is 587 g/mol. The largest absolute Gasteiger partial charge is 0.478 e. The molecule has 0 saturated carbocycles. The quantitative estimate of drug-likeness (QED) is 0.182. The lowest BCUT2D eigenvalue weighted by molar-refractivity contribution is -0.137. The molecule has 4 aromatic carbocycles. The second-order valence-corrected chi connectivity index (χ2v) is 10.4. The molecule has 0 bridgehead atoms. The average Bonchev–Trinajstić information content (AvgIpc) is 2.91. The van der Waals surface area contributed by atoms with E-state index in [-0.39, 0.29) is 21.8 Å². The number of thioether (sulfide) groups is 1. The van der Waals surface area contributed by atoms with Gasteiger partial charge in [0, 0.05) is 21.5 Å². The fourth-order valence-electron chi connectivity index (χ4n) is 4.05. The highest BCUT2D eigenvalue weighted by Gasteiger charge is 2.31. The molecule has 11 heteroatoms. The lowest BCUT2D eigenvalue weighted by Gasteiger charge is -2.17. The Hall–Kier alpha value is -4.02. The number of anilines is 2. The molecular formula is C29H22ClF3N2O4S. The molecule has 206 valence electrons. The molecular weight excluding hydrogens is 565 g/mol. The van der Waals surface area contributed by atoms with Crippen molar-refractivity contribution in [3.63, 3.8) is 0 Å². The van der Waals surface area contributed by atoms with Gasteiger partial charge in [-0.2, -0.15) is 13.2 Å². The number of nitrogens with one attached hydrogen (secondary N) is 2. The predicted octanol–water partition coefficient (Wildman–Crippen LogP) is 7.97. The van der Waals surface area contributed by atoms with Gasteiger partial charge in [-0.3, -0.25) is 9.59 Å². The van der Waals surface area contributed by atoms with E-state index in [2.05, 4.69) is 10.6 Å². The number of hydrogen-bond acceptors (Lipinski definition) is 4. The summed E-state index contributed by atoms with van der Waals surface area (Å²) in [6, 6.07) is 19.1. The van der Waals surface area contributed by atoms with E-state index in [0.717, 1.165) is 18.2 Å². The summed E-state index contributed by atoms with van der Waals surface area (Å²) in [6.45, 7) is 1.76.